The van der Waals surface area contributed by atoms with Crippen LogP contribution in [0, 0.1) is 0 Å². The first-order valence-corrected chi connectivity index (χ1v) is 9.02. The molecule has 0 unspecified atom stereocenters. The van der Waals surface area contributed by atoms with Crippen molar-refractivity contribution in [2.75, 3.05) is 13.1 Å². The Morgan fingerprint density at radius 3 is 3.00 bits per heavy atom. The van der Waals surface area contributed by atoms with E-state index < -0.39 is 5.76 Å². The zero-order valence-electron chi connectivity index (χ0n) is 12.8. The van der Waals surface area contributed by atoms with Crippen LogP contribution < -0.4 is 5.76 Å². The number of benzene rings is 1. The Morgan fingerprint density at radius 1 is 1.33 bits per heavy atom. The average molecular weight is 363 g/mol. The lowest BCUT2D eigenvalue weighted by Crippen LogP contribution is -2.42. The molecule has 3 aromatic rings. The van der Waals surface area contributed by atoms with E-state index in [1.165, 1.54) is 11.3 Å². The summed E-state index contributed by atoms with van der Waals surface area (Å²) in [6.45, 7) is 1.20. The van der Waals surface area contributed by atoms with Crippen LogP contribution in [0.25, 0.3) is 11.1 Å². The summed E-state index contributed by atoms with van der Waals surface area (Å²) in [7, 11) is 0. The summed E-state index contributed by atoms with van der Waals surface area (Å²) >= 11 is 7.50. The lowest BCUT2D eigenvalue weighted by Gasteiger charge is -2.32. The van der Waals surface area contributed by atoms with Gasteiger partial charge in [-0.2, -0.15) is 0 Å². The number of oxazole rings is 1. The van der Waals surface area contributed by atoms with Crippen LogP contribution in [0.2, 0.25) is 5.02 Å². The SMILES string of the molecule is O=C(c1cccs1)N1CCC[C@@H](n2c(=O)oc3ccc(Cl)cc32)C1. The number of halogens is 1. The monoisotopic (exact) mass is 362 g/mol. The molecule has 1 fully saturated rings. The quantitative estimate of drug-likeness (QED) is 0.697. The molecular weight excluding hydrogens is 348 g/mol. The van der Waals surface area contributed by atoms with Crippen molar-refractivity contribution in [3.8, 4) is 0 Å². The molecule has 0 spiro atoms. The van der Waals surface area contributed by atoms with Crippen LogP contribution in [-0.2, 0) is 0 Å². The molecule has 0 radical (unpaired) electrons. The van der Waals surface area contributed by atoms with Gasteiger partial charge < -0.3 is 9.32 Å². The highest BCUT2D eigenvalue weighted by Crippen LogP contribution is 2.27. The number of aromatic nitrogens is 1. The molecule has 1 amide bonds. The summed E-state index contributed by atoms with van der Waals surface area (Å²) in [6, 6.07) is 8.74. The number of carbonyl (C=O) groups is 1. The molecule has 0 aliphatic carbocycles. The maximum Gasteiger partial charge on any atom is 0.420 e. The first kappa shape index (κ1) is 15.5. The molecule has 1 saturated heterocycles. The number of rotatable bonds is 2. The number of fused-ring (bicyclic) bond motifs is 1. The van der Waals surface area contributed by atoms with Gasteiger partial charge in [0.05, 0.1) is 16.4 Å². The summed E-state index contributed by atoms with van der Waals surface area (Å²) in [5.41, 5.74) is 1.20. The minimum atomic E-state index is -0.400. The second-order valence-corrected chi connectivity index (χ2v) is 7.26. The highest BCUT2D eigenvalue weighted by molar-refractivity contribution is 7.12. The van der Waals surface area contributed by atoms with Crippen molar-refractivity contribution in [2.24, 2.45) is 0 Å². The van der Waals surface area contributed by atoms with Crippen molar-refractivity contribution in [1.29, 1.82) is 0 Å². The normalized spacial score (nSPS) is 18.2. The Labute approximate surface area is 147 Å². The van der Waals surface area contributed by atoms with Crippen molar-refractivity contribution in [3.63, 3.8) is 0 Å². The van der Waals surface area contributed by atoms with Gasteiger partial charge >= 0.3 is 5.76 Å². The van der Waals surface area contributed by atoms with Gasteiger partial charge in [0.1, 0.15) is 0 Å². The van der Waals surface area contributed by atoms with Crippen LogP contribution in [0.1, 0.15) is 28.6 Å². The zero-order valence-corrected chi connectivity index (χ0v) is 14.3. The van der Waals surface area contributed by atoms with Gasteiger partial charge in [-0.15, -0.1) is 11.3 Å². The van der Waals surface area contributed by atoms with Crippen molar-refractivity contribution >= 4 is 39.9 Å². The van der Waals surface area contributed by atoms with E-state index in [9.17, 15) is 9.59 Å². The van der Waals surface area contributed by atoms with Crippen molar-refractivity contribution < 1.29 is 9.21 Å². The molecule has 0 bridgehead atoms. The fourth-order valence-electron chi connectivity index (χ4n) is 3.26. The van der Waals surface area contributed by atoms with E-state index >= 15 is 0 Å². The van der Waals surface area contributed by atoms with Crippen LogP contribution in [0.3, 0.4) is 0 Å². The van der Waals surface area contributed by atoms with E-state index in [0.717, 1.165) is 17.7 Å². The fraction of sp³-hybridized carbons (Fsp3) is 0.294. The van der Waals surface area contributed by atoms with E-state index in [0.29, 0.717) is 29.2 Å². The summed E-state index contributed by atoms with van der Waals surface area (Å²) in [5, 5.41) is 2.45. The van der Waals surface area contributed by atoms with Gasteiger partial charge in [0.15, 0.2) is 5.58 Å². The number of likely N-dealkylation sites (tertiary alicyclic amines) is 1. The highest BCUT2D eigenvalue weighted by Gasteiger charge is 2.28. The molecule has 0 N–H and O–H groups in total. The van der Waals surface area contributed by atoms with Crippen LogP contribution >= 0.6 is 22.9 Å². The predicted octanol–water partition coefficient (Wildman–Crippen LogP) is 3.79. The Hall–Kier alpha value is -2.05. The fourth-order valence-corrected chi connectivity index (χ4v) is 4.12. The second-order valence-electron chi connectivity index (χ2n) is 5.87. The van der Waals surface area contributed by atoms with E-state index in [1.54, 1.807) is 22.8 Å². The Bertz CT molecular complexity index is 945. The van der Waals surface area contributed by atoms with Gasteiger partial charge in [0.2, 0.25) is 0 Å². The third-order valence-corrected chi connectivity index (χ3v) is 5.45. The first-order valence-electron chi connectivity index (χ1n) is 7.77. The van der Waals surface area contributed by atoms with E-state index in [2.05, 4.69) is 0 Å². The molecule has 7 heteroatoms. The molecule has 1 atom stereocenters. The van der Waals surface area contributed by atoms with Gasteiger partial charge in [-0.05, 0) is 42.5 Å². The summed E-state index contributed by atoms with van der Waals surface area (Å²) in [5.74, 6) is -0.378. The first-order chi connectivity index (χ1) is 11.6. The Balaban J connectivity index is 1.67. The number of hydrogen-bond donors (Lipinski definition) is 0. The minimum absolute atomic E-state index is 0.0218. The third kappa shape index (κ3) is 2.65. The second kappa shape index (κ2) is 6.11. The Kier molecular flexibility index (Phi) is 3.94. The van der Waals surface area contributed by atoms with Gasteiger partial charge in [-0.1, -0.05) is 17.7 Å². The lowest BCUT2D eigenvalue weighted by atomic mass is 10.0. The molecule has 5 nitrogen and oxygen atoms in total. The minimum Gasteiger partial charge on any atom is -0.408 e. The number of carbonyl (C=O) groups excluding carboxylic acids is 1. The van der Waals surface area contributed by atoms with E-state index in [1.807, 2.05) is 22.4 Å². The molecule has 4 rings (SSSR count). The van der Waals surface area contributed by atoms with Crippen LogP contribution in [-0.4, -0.2) is 28.5 Å². The average Bonchev–Trinajstić information content (AvgIpc) is 3.21. The lowest BCUT2D eigenvalue weighted by molar-refractivity contribution is 0.0682. The molecule has 1 aliphatic rings. The molecule has 1 aromatic carbocycles. The van der Waals surface area contributed by atoms with Crippen molar-refractivity contribution in [2.45, 2.75) is 18.9 Å². The van der Waals surface area contributed by atoms with E-state index in [4.69, 9.17) is 16.0 Å². The van der Waals surface area contributed by atoms with Gasteiger partial charge in [0.25, 0.3) is 5.91 Å². The summed E-state index contributed by atoms with van der Waals surface area (Å²) in [6.07, 6.45) is 1.68. The van der Waals surface area contributed by atoms with Gasteiger partial charge in [0, 0.05) is 18.1 Å². The summed E-state index contributed by atoms with van der Waals surface area (Å²) < 4.78 is 6.96. The topological polar surface area (TPSA) is 55.5 Å². The number of nitrogens with zero attached hydrogens (tertiary/aromatic N) is 2. The molecule has 0 saturated carbocycles. The number of amides is 1. The highest BCUT2D eigenvalue weighted by atomic mass is 35.5. The molecule has 3 heterocycles. The molecular formula is C17H15ClN2O3S. The zero-order chi connectivity index (χ0) is 16.7. The van der Waals surface area contributed by atoms with Crippen molar-refractivity contribution in [3.05, 3.63) is 56.2 Å². The largest absolute Gasteiger partial charge is 0.420 e. The van der Waals surface area contributed by atoms with Crippen molar-refractivity contribution in [1.82, 2.24) is 9.47 Å². The molecule has 2 aromatic heterocycles. The molecule has 124 valence electrons. The van der Waals surface area contributed by atoms with Crippen LogP contribution in [0.5, 0.6) is 0 Å². The van der Waals surface area contributed by atoms with Gasteiger partial charge in [-0.3, -0.25) is 9.36 Å². The summed E-state index contributed by atoms with van der Waals surface area (Å²) in [4.78, 5) is 27.4. The predicted molar refractivity (Wildman–Crippen MR) is 94.0 cm³/mol. The maximum absolute atomic E-state index is 12.6. The van der Waals surface area contributed by atoms with Crippen LogP contribution in [0.4, 0.5) is 0 Å². The Morgan fingerprint density at radius 2 is 2.21 bits per heavy atom. The number of thiophene rings is 1. The van der Waals surface area contributed by atoms with E-state index in [-0.39, 0.29) is 11.9 Å². The standard InChI is InChI=1S/C17H15ClN2O3S/c18-11-5-6-14-13(9-11)20(17(22)23-14)12-3-1-7-19(10-12)16(21)15-4-2-8-24-15/h2,4-6,8-9,12H,1,3,7,10H2/t12-/m1/s1. The number of hydrogen-bond acceptors (Lipinski definition) is 4. The third-order valence-electron chi connectivity index (χ3n) is 4.36. The molecule has 24 heavy (non-hydrogen) atoms. The number of piperidine rings is 1. The van der Waals surface area contributed by atoms with Gasteiger partial charge in [-0.25, -0.2) is 4.79 Å². The molecule has 1 aliphatic heterocycles. The smallest absolute Gasteiger partial charge is 0.408 e. The van der Waals surface area contributed by atoms with Crippen LogP contribution in [0.15, 0.2) is 44.9 Å². The maximum atomic E-state index is 12.6.